The molecular formula is C21H30N6O3. The van der Waals surface area contributed by atoms with Crippen LogP contribution in [0.1, 0.15) is 33.6 Å². The maximum absolute atomic E-state index is 12.7. The van der Waals surface area contributed by atoms with Gasteiger partial charge in [0.2, 0.25) is 5.91 Å². The molecule has 0 radical (unpaired) electrons. The summed E-state index contributed by atoms with van der Waals surface area (Å²) in [5, 5.41) is 6.97. The van der Waals surface area contributed by atoms with E-state index in [1.165, 1.54) is 4.57 Å². The maximum atomic E-state index is 12.7. The van der Waals surface area contributed by atoms with Crippen LogP contribution in [0, 0.1) is 0 Å². The number of likely N-dealkylation sites (N-methyl/N-ethyl adjacent to an activating group) is 1. The first-order chi connectivity index (χ1) is 14.3. The highest BCUT2D eigenvalue weighted by Gasteiger charge is 2.27. The predicted molar refractivity (Wildman–Crippen MR) is 113 cm³/mol. The summed E-state index contributed by atoms with van der Waals surface area (Å²) in [7, 11) is 7.36. The van der Waals surface area contributed by atoms with Gasteiger partial charge in [-0.3, -0.25) is 19.1 Å². The zero-order valence-electron chi connectivity index (χ0n) is 18.1. The van der Waals surface area contributed by atoms with Crippen molar-refractivity contribution in [3.8, 4) is 0 Å². The molecule has 9 heteroatoms. The normalized spacial score (nSPS) is 13.4. The van der Waals surface area contributed by atoms with E-state index in [1.807, 2.05) is 32.1 Å². The average molecular weight is 415 g/mol. The lowest BCUT2D eigenvalue weighted by Gasteiger charge is -2.30. The van der Waals surface area contributed by atoms with Crippen molar-refractivity contribution >= 4 is 11.8 Å². The van der Waals surface area contributed by atoms with Crippen LogP contribution in [-0.2, 0) is 38.3 Å². The SMILES string of the molecule is CN(C)CCNC(=O)c1c2c(cn(C)c1=O)CN(C(=O)CCc1ccnn1C)CC2. The minimum atomic E-state index is -0.342. The first-order valence-electron chi connectivity index (χ1n) is 10.2. The molecule has 30 heavy (non-hydrogen) atoms. The van der Waals surface area contributed by atoms with E-state index in [0.717, 1.165) is 16.8 Å². The Morgan fingerprint density at radius 3 is 2.70 bits per heavy atom. The number of hydrogen-bond donors (Lipinski definition) is 1. The Kier molecular flexibility index (Phi) is 6.71. The van der Waals surface area contributed by atoms with Crippen LogP contribution in [0.15, 0.2) is 23.3 Å². The molecule has 1 aliphatic heterocycles. The lowest BCUT2D eigenvalue weighted by molar-refractivity contribution is -0.132. The van der Waals surface area contributed by atoms with Crippen LogP contribution in [-0.4, -0.2) is 69.7 Å². The number of fused-ring (bicyclic) bond motifs is 1. The molecule has 3 rings (SSSR count). The van der Waals surface area contributed by atoms with Gasteiger partial charge >= 0.3 is 0 Å². The average Bonchev–Trinajstić information content (AvgIpc) is 3.11. The molecule has 162 valence electrons. The highest BCUT2D eigenvalue weighted by atomic mass is 16.2. The minimum absolute atomic E-state index is 0.0627. The van der Waals surface area contributed by atoms with Gasteiger partial charge in [0, 0.05) is 64.8 Å². The number of hydrogen-bond acceptors (Lipinski definition) is 5. The number of rotatable bonds is 7. The van der Waals surface area contributed by atoms with Crippen molar-refractivity contribution in [2.75, 3.05) is 33.7 Å². The Bertz CT molecular complexity index is 991. The van der Waals surface area contributed by atoms with Gasteiger partial charge in [0.05, 0.1) is 0 Å². The lowest BCUT2D eigenvalue weighted by atomic mass is 9.95. The Balaban J connectivity index is 1.73. The van der Waals surface area contributed by atoms with Crippen molar-refractivity contribution in [1.82, 2.24) is 29.5 Å². The highest BCUT2D eigenvalue weighted by molar-refractivity contribution is 5.95. The Morgan fingerprint density at radius 1 is 1.27 bits per heavy atom. The van der Waals surface area contributed by atoms with Gasteiger partial charge in [0.25, 0.3) is 11.5 Å². The molecule has 1 aliphatic rings. The molecule has 0 bridgehead atoms. The van der Waals surface area contributed by atoms with E-state index in [9.17, 15) is 14.4 Å². The summed E-state index contributed by atoms with van der Waals surface area (Å²) in [5.41, 5.74) is 2.54. The smallest absolute Gasteiger partial charge is 0.263 e. The van der Waals surface area contributed by atoms with Gasteiger partial charge in [0.1, 0.15) is 5.56 Å². The molecule has 0 spiro atoms. The molecule has 2 aromatic rings. The maximum Gasteiger partial charge on any atom is 0.263 e. The van der Waals surface area contributed by atoms with Gasteiger partial charge in [-0.25, -0.2) is 0 Å². The topological polar surface area (TPSA) is 92.5 Å². The Morgan fingerprint density at radius 2 is 2.03 bits per heavy atom. The summed E-state index contributed by atoms with van der Waals surface area (Å²) in [5.74, 6) is -0.280. The number of aromatic nitrogens is 3. The molecule has 0 aromatic carbocycles. The van der Waals surface area contributed by atoms with Crippen LogP contribution in [0.3, 0.4) is 0 Å². The largest absolute Gasteiger partial charge is 0.351 e. The zero-order valence-corrected chi connectivity index (χ0v) is 18.1. The summed E-state index contributed by atoms with van der Waals surface area (Å²) in [4.78, 5) is 41.9. The van der Waals surface area contributed by atoms with Crippen molar-refractivity contribution in [1.29, 1.82) is 0 Å². The van der Waals surface area contributed by atoms with Gasteiger partial charge in [-0.05, 0) is 44.1 Å². The van der Waals surface area contributed by atoms with Crippen LogP contribution in [0.5, 0.6) is 0 Å². The van der Waals surface area contributed by atoms with Crippen molar-refractivity contribution in [2.45, 2.75) is 25.8 Å². The van der Waals surface area contributed by atoms with Gasteiger partial charge in [-0.2, -0.15) is 5.10 Å². The number of amides is 2. The fourth-order valence-electron chi connectivity index (χ4n) is 3.76. The lowest BCUT2D eigenvalue weighted by Crippen LogP contribution is -2.41. The van der Waals surface area contributed by atoms with Crippen LogP contribution in [0.4, 0.5) is 0 Å². The van der Waals surface area contributed by atoms with Crippen molar-refractivity contribution in [3.63, 3.8) is 0 Å². The van der Waals surface area contributed by atoms with E-state index in [2.05, 4.69) is 10.4 Å². The molecule has 0 aliphatic carbocycles. The monoisotopic (exact) mass is 414 g/mol. The second-order valence-electron chi connectivity index (χ2n) is 7.99. The third-order valence-corrected chi connectivity index (χ3v) is 5.51. The van der Waals surface area contributed by atoms with Crippen LogP contribution in [0.25, 0.3) is 0 Å². The van der Waals surface area contributed by atoms with Gasteiger partial charge in [0.15, 0.2) is 0 Å². The van der Waals surface area contributed by atoms with Crippen LogP contribution >= 0.6 is 0 Å². The molecule has 1 N–H and O–H groups in total. The molecule has 0 saturated heterocycles. The quantitative estimate of drug-likeness (QED) is 0.685. The third-order valence-electron chi connectivity index (χ3n) is 5.51. The van der Waals surface area contributed by atoms with E-state index in [0.29, 0.717) is 45.4 Å². The first-order valence-corrected chi connectivity index (χ1v) is 10.2. The molecule has 9 nitrogen and oxygen atoms in total. The van der Waals surface area contributed by atoms with E-state index < -0.39 is 0 Å². The summed E-state index contributed by atoms with van der Waals surface area (Å²) >= 11 is 0. The number of carbonyl (C=O) groups is 2. The van der Waals surface area contributed by atoms with Crippen molar-refractivity contribution in [3.05, 3.63) is 51.2 Å². The van der Waals surface area contributed by atoms with Crippen LogP contribution < -0.4 is 10.9 Å². The number of aryl methyl sites for hydroxylation is 3. The second-order valence-corrected chi connectivity index (χ2v) is 7.99. The number of carbonyl (C=O) groups excluding carboxylic acids is 2. The summed E-state index contributed by atoms with van der Waals surface area (Å²) in [6, 6.07) is 1.91. The second kappa shape index (κ2) is 9.25. The Hall–Kier alpha value is -2.94. The van der Waals surface area contributed by atoms with Crippen LogP contribution in [0.2, 0.25) is 0 Å². The Labute approximate surface area is 176 Å². The van der Waals surface area contributed by atoms with Gasteiger partial charge in [-0.15, -0.1) is 0 Å². The molecule has 0 unspecified atom stereocenters. The number of nitrogens with zero attached hydrogens (tertiary/aromatic N) is 5. The molecule has 0 atom stereocenters. The predicted octanol–water partition coefficient (Wildman–Crippen LogP) is -0.0723. The number of pyridine rings is 1. The van der Waals surface area contributed by atoms with E-state index >= 15 is 0 Å². The first kappa shape index (κ1) is 21.8. The minimum Gasteiger partial charge on any atom is -0.351 e. The van der Waals surface area contributed by atoms with E-state index in [4.69, 9.17) is 0 Å². The molecule has 0 saturated carbocycles. The molecule has 3 heterocycles. The van der Waals surface area contributed by atoms with Gasteiger partial charge in [-0.1, -0.05) is 0 Å². The molecular weight excluding hydrogens is 384 g/mol. The standard InChI is InChI=1S/C21H30N6O3/c1-24(2)12-10-22-20(29)19-17-8-11-27(14-15(17)13-25(3)21(19)30)18(28)6-5-16-7-9-23-26(16)4/h7,9,13H,5-6,8,10-12,14H2,1-4H3,(H,22,29). The highest BCUT2D eigenvalue weighted by Crippen LogP contribution is 2.21. The van der Waals surface area contributed by atoms with E-state index in [-0.39, 0.29) is 22.9 Å². The molecule has 2 aromatic heterocycles. The summed E-state index contributed by atoms with van der Waals surface area (Å²) in [6.07, 6.45) is 5.00. The van der Waals surface area contributed by atoms with Gasteiger partial charge < -0.3 is 19.7 Å². The zero-order chi connectivity index (χ0) is 21.8. The number of nitrogens with one attached hydrogen (secondary N) is 1. The van der Waals surface area contributed by atoms with E-state index in [1.54, 1.807) is 29.0 Å². The van der Waals surface area contributed by atoms with Crippen molar-refractivity contribution in [2.24, 2.45) is 14.1 Å². The fraction of sp³-hybridized carbons (Fsp3) is 0.524. The van der Waals surface area contributed by atoms with Crippen molar-refractivity contribution < 1.29 is 9.59 Å². The molecule has 2 amide bonds. The molecule has 0 fully saturated rings. The third kappa shape index (κ3) is 4.79. The summed E-state index contributed by atoms with van der Waals surface area (Å²) < 4.78 is 3.21. The fourth-order valence-corrected chi connectivity index (χ4v) is 3.76. The summed E-state index contributed by atoms with van der Waals surface area (Å²) in [6.45, 7) is 2.07.